The zero-order valence-electron chi connectivity index (χ0n) is 16.8. The minimum absolute atomic E-state index is 0.828. The number of hydrogen-bond donors (Lipinski definition) is 0. The van der Waals surface area contributed by atoms with Crippen LogP contribution in [0.2, 0.25) is 0 Å². The van der Waals surface area contributed by atoms with Crippen molar-refractivity contribution in [1.29, 1.82) is 0 Å². The van der Waals surface area contributed by atoms with E-state index in [1.165, 1.54) is 16.8 Å². The van der Waals surface area contributed by atoms with Crippen LogP contribution in [-0.2, 0) is 19.5 Å². The first-order valence-electron chi connectivity index (χ1n) is 9.95. The molecule has 150 valence electrons. The number of nitrogens with zero attached hydrogens (tertiary/aromatic N) is 6. The van der Waals surface area contributed by atoms with Crippen molar-refractivity contribution in [2.75, 3.05) is 12.8 Å². The topological polar surface area (TPSA) is 59.7 Å². The first-order chi connectivity index (χ1) is 14.8. The van der Waals surface area contributed by atoms with Crippen LogP contribution in [0.25, 0.3) is 16.9 Å². The smallest absolute Gasteiger partial charge is 0.187 e. The Morgan fingerprint density at radius 3 is 2.70 bits per heavy atom. The van der Waals surface area contributed by atoms with Crippen molar-refractivity contribution in [2.45, 2.75) is 24.7 Å². The molecule has 4 aromatic rings. The molecule has 1 aliphatic heterocycles. The molecule has 0 unspecified atom stereocenters. The molecule has 4 heterocycles. The van der Waals surface area contributed by atoms with E-state index in [-0.39, 0.29) is 0 Å². The largest absolute Gasteiger partial charge is 0.294 e. The Labute approximate surface area is 180 Å². The molecule has 0 bridgehead atoms. The lowest BCUT2D eigenvalue weighted by atomic mass is 10.1. The maximum Gasteiger partial charge on any atom is 0.187 e. The van der Waals surface area contributed by atoms with E-state index >= 15 is 0 Å². The number of pyridine rings is 1. The predicted octanol–water partition coefficient (Wildman–Crippen LogP) is 4.00. The third-order valence-corrected chi connectivity index (χ3v) is 5.89. The highest BCUT2D eigenvalue weighted by Gasteiger charge is 2.21. The number of rotatable bonds is 5. The summed E-state index contributed by atoms with van der Waals surface area (Å²) in [5, 5.41) is 5.77. The van der Waals surface area contributed by atoms with E-state index in [0.717, 1.165) is 48.2 Å². The van der Waals surface area contributed by atoms with Crippen molar-refractivity contribution in [3.05, 3.63) is 84.1 Å². The molecule has 0 aliphatic carbocycles. The highest BCUT2D eigenvalue weighted by Crippen LogP contribution is 2.27. The normalized spacial score (nSPS) is 13.9. The summed E-state index contributed by atoms with van der Waals surface area (Å²) < 4.78 is 1.97. The Kier molecular flexibility index (Phi) is 5.29. The molecule has 1 aliphatic rings. The first kappa shape index (κ1) is 19.0. The van der Waals surface area contributed by atoms with E-state index in [9.17, 15) is 0 Å². The molecule has 0 radical (unpaired) electrons. The summed E-state index contributed by atoms with van der Waals surface area (Å²) in [6.45, 7) is 2.66. The van der Waals surface area contributed by atoms with Gasteiger partial charge in [-0.3, -0.25) is 9.88 Å². The molecule has 5 rings (SSSR count). The molecule has 6 nitrogen and oxygen atoms in total. The lowest BCUT2D eigenvalue weighted by Gasteiger charge is -2.27. The summed E-state index contributed by atoms with van der Waals surface area (Å²) in [4.78, 5) is 15.8. The van der Waals surface area contributed by atoms with E-state index in [2.05, 4.69) is 38.2 Å². The summed E-state index contributed by atoms with van der Waals surface area (Å²) in [6.07, 6.45) is 10.7. The van der Waals surface area contributed by atoms with E-state index in [1.54, 1.807) is 11.8 Å². The summed E-state index contributed by atoms with van der Waals surface area (Å²) in [5.74, 6) is 0. The minimum Gasteiger partial charge on any atom is -0.294 e. The van der Waals surface area contributed by atoms with E-state index in [0.29, 0.717) is 0 Å². The van der Waals surface area contributed by atoms with Crippen molar-refractivity contribution >= 4 is 11.8 Å². The van der Waals surface area contributed by atoms with Crippen molar-refractivity contribution in [3.63, 3.8) is 0 Å². The fraction of sp³-hybridized carbons (Fsp3) is 0.217. The quantitative estimate of drug-likeness (QED) is 0.363. The Balaban J connectivity index is 1.45. The zero-order valence-corrected chi connectivity index (χ0v) is 17.6. The molecule has 0 spiro atoms. The van der Waals surface area contributed by atoms with Crippen LogP contribution >= 0.6 is 11.8 Å². The summed E-state index contributed by atoms with van der Waals surface area (Å²) in [6, 6.07) is 14.3. The first-order valence-corrected chi connectivity index (χ1v) is 11.2. The van der Waals surface area contributed by atoms with Crippen LogP contribution in [0.5, 0.6) is 0 Å². The van der Waals surface area contributed by atoms with Crippen molar-refractivity contribution in [2.24, 2.45) is 0 Å². The summed E-state index contributed by atoms with van der Waals surface area (Å²) >= 11 is 1.59. The maximum absolute atomic E-state index is 4.92. The minimum atomic E-state index is 0.828. The molecule has 0 fully saturated rings. The van der Waals surface area contributed by atoms with Gasteiger partial charge in [0, 0.05) is 67.5 Å². The van der Waals surface area contributed by atoms with Gasteiger partial charge < -0.3 is 0 Å². The van der Waals surface area contributed by atoms with Gasteiger partial charge in [-0.25, -0.2) is 14.6 Å². The molecule has 30 heavy (non-hydrogen) atoms. The van der Waals surface area contributed by atoms with Gasteiger partial charge in [-0.2, -0.15) is 5.10 Å². The van der Waals surface area contributed by atoms with E-state index in [4.69, 9.17) is 5.10 Å². The third-order valence-electron chi connectivity index (χ3n) is 5.33. The number of para-hydroxylation sites is 1. The molecule has 0 N–H and O–H groups in total. The number of fused-ring (bicyclic) bond motifs is 1. The lowest BCUT2D eigenvalue weighted by molar-refractivity contribution is 0.242. The van der Waals surface area contributed by atoms with Gasteiger partial charge in [0.1, 0.15) is 0 Å². The average Bonchev–Trinajstić information content (AvgIpc) is 3.23. The van der Waals surface area contributed by atoms with Crippen LogP contribution < -0.4 is 0 Å². The number of thioether (sulfide) groups is 1. The monoisotopic (exact) mass is 414 g/mol. The second kappa shape index (κ2) is 8.38. The Morgan fingerprint density at radius 2 is 1.90 bits per heavy atom. The lowest BCUT2D eigenvalue weighted by Crippen LogP contribution is -2.31. The number of hydrogen-bond acceptors (Lipinski definition) is 6. The van der Waals surface area contributed by atoms with Crippen LogP contribution in [0.3, 0.4) is 0 Å². The SMILES string of the molecule is CSc1ncc2c(n1)CCN(Cc1cn(-c3ccccc3)nc1-c1ccncc1)C2. The van der Waals surface area contributed by atoms with Gasteiger partial charge in [0.25, 0.3) is 0 Å². The fourth-order valence-electron chi connectivity index (χ4n) is 3.82. The highest BCUT2D eigenvalue weighted by molar-refractivity contribution is 7.98. The second-order valence-electron chi connectivity index (χ2n) is 7.31. The Morgan fingerprint density at radius 1 is 1.07 bits per heavy atom. The molecule has 0 saturated heterocycles. The van der Waals surface area contributed by atoms with Gasteiger partial charge >= 0.3 is 0 Å². The van der Waals surface area contributed by atoms with Gasteiger partial charge in [0.2, 0.25) is 0 Å². The fourth-order valence-corrected chi connectivity index (χ4v) is 4.18. The van der Waals surface area contributed by atoms with Gasteiger partial charge in [0.15, 0.2) is 5.16 Å². The van der Waals surface area contributed by atoms with Gasteiger partial charge in [-0.05, 0) is 30.5 Å². The van der Waals surface area contributed by atoms with Gasteiger partial charge in [-0.15, -0.1) is 0 Å². The van der Waals surface area contributed by atoms with Crippen molar-refractivity contribution in [1.82, 2.24) is 29.6 Å². The standard InChI is InChI=1S/C23H22N6S/c1-30-23-25-13-18-14-28(12-9-21(18)26-23)15-19-16-29(20-5-3-2-4-6-20)27-22(19)17-7-10-24-11-8-17/h2-8,10-11,13,16H,9,12,14-15H2,1H3. The summed E-state index contributed by atoms with van der Waals surface area (Å²) in [7, 11) is 0. The van der Waals surface area contributed by atoms with Crippen molar-refractivity contribution < 1.29 is 0 Å². The van der Waals surface area contributed by atoms with Crippen LogP contribution in [-0.4, -0.2) is 42.4 Å². The third kappa shape index (κ3) is 3.86. The molecular formula is C23H22N6S. The Hall–Kier alpha value is -3.03. The number of benzene rings is 1. The molecule has 0 atom stereocenters. The highest BCUT2D eigenvalue weighted by atomic mass is 32.2. The van der Waals surface area contributed by atoms with Crippen LogP contribution in [0.15, 0.2) is 72.4 Å². The average molecular weight is 415 g/mol. The van der Waals surface area contributed by atoms with Crippen molar-refractivity contribution in [3.8, 4) is 16.9 Å². The van der Waals surface area contributed by atoms with E-state index < -0.39 is 0 Å². The molecule has 7 heteroatoms. The van der Waals surface area contributed by atoms with Crippen LogP contribution in [0.4, 0.5) is 0 Å². The number of aromatic nitrogens is 5. The molecule has 1 aromatic carbocycles. The van der Waals surface area contributed by atoms with Gasteiger partial charge in [-0.1, -0.05) is 30.0 Å². The molecular weight excluding hydrogens is 392 g/mol. The maximum atomic E-state index is 4.92. The van der Waals surface area contributed by atoms with Crippen LogP contribution in [0, 0.1) is 0 Å². The molecule has 3 aromatic heterocycles. The van der Waals surface area contributed by atoms with Crippen LogP contribution in [0.1, 0.15) is 16.8 Å². The molecule has 0 amide bonds. The summed E-state index contributed by atoms with van der Waals surface area (Å²) in [5.41, 5.74) is 6.75. The second-order valence-corrected chi connectivity index (χ2v) is 8.08. The molecule has 0 saturated carbocycles. The zero-order chi connectivity index (χ0) is 20.3. The Bertz CT molecular complexity index is 1140. The van der Waals surface area contributed by atoms with Gasteiger partial charge in [0.05, 0.1) is 17.1 Å². The van der Waals surface area contributed by atoms with E-state index in [1.807, 2.05) is 59.9 Å². The predicted molar refractivity (Wildman–Crippen MR) is 118 cm³/mol.